The van der Waals surface area contributed by atoms with Crippen molar-refractivity contribution in [2.24, 2.45) is 0 Å². The van der Waals surface area contributed by atoms with E-state index in [1.54, 1.807) is 13.8 Å². The molecule has 2 atom stereocenters. The van der Waals surface area contributed by atoms with Crippen molar-refractivity contribution in [3.63, 3.8) is 0 Å². The molecule has 3 N–H and O–H groups in total. The number of thioether (sulfide) groups is 1. The highest BCUT2D eigenvalue weighted by Gasteiger charge is 2.20. The van der Waals surface area contributed by atoms with Gasteiger partial charge in [-0.15, -0.1) is 0 Å². The highest BCUT2D eigenvalue weighted by molar-refractivity contribution is 7.99. The fourth-order valence-corrected chi connectivity index (χ4v) is 3.41. The van der Waals surface area contributed by atoms with Gasteiger partial charge in [-0.3, -0.25) is 4.72 Å². The standard InChI is InChI=1S/C17H28N4O5S2/c1-6-8-12(3)11-27-17-18-15(20-28(24,25)21(5)7-2)9-16(19-17)26-13(4)14(23)10-22/h6,8-9,13-14,22-23H,3,7,10-11H2,1-2,4-5H3,(H,18,19,20)/b8-6-/t13-,14+/m1/s1. The Balaban J connectivity index is 3.13. The Hall–Kier alpha value is -1.66. The van der Waals surface area contributed by atoms with Crippen LogP contribution in [0.15, 0.2) is 35.5 Å². The van der Waals surface area contributed by atoms with Crippen LogP contribution in [-0.4, -0.2) is 71.1 Å². The average Bonchev–Trinajstić information content (AvgIpc) is 2.64. The number of aliphatic hydroxyl groups excluding tert-OH is 2. The van der Waals surface area contributed by atoms with E-state index >= 15 is 0 Å². The van der Waals surface area contributed by atoms with Crippen molar-refractivity contribution in [2.75, 3.05) is 30.7 Å². The number of ether oxygens (including phenoxy) is 1. The first-order chi connectivity index (χ1) is 13.1. The van der Waals surface area contributed by atoms with Crippen molar-refractivity contribution >= 4 is 27.8 Å². The zero-order chi connectivity index (χ0) is 21.3. The molecule has 0 amide bonds. The largest absolute Gasteiger partial charge is 0.472 e. The van der Waals surface area contributed by atoms with Crippen LogP contribution in [0.2, 0.25) is 0 Å². The monoisotopic (exact) mass is 432 g/mol. The Bertz CT molecular complexity index is 786. The van der Waals surface area contributed by atoms with Crippen molar-refractivity contribution in [1.82, 2.24) is 14.3 Å². The molecule has 0 aliphatic carbocycles. The maximum absolute atomic E-state index is 12.3. The lowest BCUT2D eigenvalue weighted by Crippen LogP contribution is -2.33. The Labute approximate surface area is 170 Å². The molecule has 9 nitrogen and oxygen atoms in total. The molecule has 1 aromatic rings. The number of allylic oxidation sites excluding steroid dienone is 2. The molecule has 0 fully saturated rings. The number of nitrogens with zero attached hydrogens (tertiary/aromatic N) is 3. The van der Waals surface area contributed by atoms with Gasteiger partial charge in [-0.05, 0) is 19.4 Å². The Morgan fingerprint density at radius 3 is 2.75 bits per heavy atom. The minimum Gasteiger partial charge on any atom is -0.472 e. The Morgan fingerprint density at radius 1 is 1.50 bits per heavy atom. The number of hydrogen-bond acceptors (Lipinski definition) is 8. The second kappa shape index (κ2) is 11.4. The molecule has 0 aliphatic heterocycles. The summed E-state index contributed by atoms with van der Waals surface area (Å²) in [5.74, 6) is 0.616. The maximum Gasteiger partial charge on any atom is 0.302 e. The van der Waals surface area contributed by atoms with E-state index < -0.39 is 29.0 Å². The van der Waals surface area contributed by atoms with E-state index in [1.807, 2.05) is 19.1 Å². The van der Waals surface area contributed by atoms with Gasteiger partial charge in [0, 0.05) is 25.4 Å². The number of hydrogen-bond donors (Lipinski definition) is 3. The number of aliphatic hydroxyl groups is 2. The van der Waals surface area contributed by atoms with Crippen LogP contribution in [0.4, 0.5) is 5.82 Å². The summed E-state index contributed by atoms with van der Waals surface area (Å²) in [5.41, 5.74) is 0.847. The van der Waals surface area contributed by atoms with Crippen LogP contribution >= 0.6 is 11.8 Å². The molecule has 1 rings (SSSR count). The zero-order valence-corrected chi connectivity index (χ0v) is 18.1. The SMILES string of the molecule is C=C(/C=C\C)CSc1nc(NS(=O)(=O)N(C)CC)cc(O[C@H](C)[C@@H](O)CO)n1. The summed E-state index contributed by atoms with van der Waals surface area (Å²) in [7, 11) is -2.33. The lowest BCUT2D eigenvalue weighted by molar-refractivity contribution is 0.00600. The molecule has 0 saturated heterocycles. The summed E-state index contributed by atoms with van der Waals surface area (Å²) >= 11 is 1.26. The summed E-state index contributed by atoms with van der Waals surface area (Å²) < 4.78 is 33.6. The second-order valence-electron chi connectivity index (χ2n) is 5.92. The molecule has 1 heterocycles. The van der Waals surface area contributed by atoms with Crippen LogP contribution in [-0.2, 0) is 10.2 Å². The van der Waals surface area contributed by atoms with Gasteiger partial charge >= 0.3 is 10.2 Å². The predicted molar refractivity (Wildman–Crippen MR) is 111 cm³/mol. The van der Waals surface area contributed by atoms with E-state index in [0.717, 1.165) is 9.88 Å². The van der Waals surface area contributed by atoms with Crippen molar-refractivity contribution < 1.29 is 23.4 Å². The molecular weight excluding hydrogens is 404 g/mol. The molecule has 1 aromatic heterocycles. The molecular formula is C17H28N4O5S2. The summed E-state index contributed by atoms with van der Waals surface area (Å²) in [6.07, 6.45) is 1.86. The molecule has 0 saturated carbocycles. The molecule has 0 radical (unpaired) electrons. The van der Waals surface area contributed by atoms with Gasteiger partial charge in [-0.25, -0.2) is 4.98 Å². The maximum atomic E-state index is 12.3. The molecule has 11 heteroatoms. The topological polar surface area (TPSA) is 125 Å². The smallest absolute Gasteiger partial charge is 0.302 e. The number of aromatic nitrogens is 2. The molecule has 0 aliphatic rings. The third-order valence-corrected chi connectivity index (χ3v) is 6.10. The average molecular weight is 433 g/mol. The van der Waals surface area contributed by atoms with Gasteiger partial charge in [0.2, 0.25) is 5.88 Å². The molecule has 158 valence electrons. The fourth-order valence-electron chi connectivity index (χ4n) is 1.82. The molecule has 0 unspecified atom stereocenters. The molecule has 28 heavy (non-hydrogen) atoms. The van der Waals surface area contributed by atoms with E-state index in [2.05, 4.69) is 21.3 Å². The second-order valence-corrected chi connectivity index (χ2v) is 8.64. The fraction of sp³-hybridized carbons (Fsp3) is 0.529. The van der Waals surface area contributed by atoms with Crippen molar-refractivity contribution in [1.29, 1.82) is 0 Å². The van der Waals surface area contributed by atoms with Crippen LogP contribution in [0, 0.1) is 0 Å². The Morgan fingerprint density at radius 2 is 2.18 bits per heavy atom. The third kappa shape index (κ3) is 7.76. The van der Waals surface area contributed by atoms with Crippen LogP contribution in [0.1, 0.15) is 20.8 Å². The minimum atomic E-state index is -3.78. The highest BCUT2D eigenvalue weighted by atomic mass is 32.2. The van der Waals surface area contributed by atoms with Gasteiger partial charge < -0.3 is 14.9 Å². The van der Waals surface area contributed by atoms with Gasteiger partial charge in [0.15, 0.2) is 5.16 Å². The van der Waals surface area contributed by atoms with Crippen molar-refractivity contribution in [3.8, 4) is 5.88 Å². The number of anilines is 1. The number of nitrogens with one attached hydrogen (secondary N) is 1. The van der Waals surface area contributed by atoms with Crippen molar-refractivity contribution in [3.05, 3.63) is 30.4 Å². The quantitative estimate of drug-likeness (QED) is 0.257. The van der Waals surface area contributed by atoms with Gasteiger partial charge in [-0.2, -0.15) is 17.7 Å². The van der Waals surface area contributed by atoms with Gasteiger partial charge in [0.25, 0.3) is 0 Å². The summed E-state index contributed by atoms with van der Waals surface area (Å²) in [6, 6.07) is 1.33. The zero-order valence-electron chi connectivity index (χ0n) is 16.5. The van der Waals surface area contributed by atoms with Gasteiger partial charge in [0.05, 0.1) is 6.61 Å². The van der Waals surface area contributed by atoms with Crippen LogP contribution < -0.4 is 9.46 Å². The number of rotatable bonds is 12. The third-order valence-electron chi connectivity index (χ3n) is 3.60. The first-order valence-corrected chi connectivity index (χ1v) is 11.1. The predicted octanol–water partition coefficient (Wildman–Crippen LogP) is 1.43. The van der Waals surface area contributed by atoms with Gasteiger partial charge in [0.1, 0.15) is 18.0 Å². The van der Waals surface area contributed by atoms with E-state index in [1.165, 1.54) is 24.9 Å². The summed E-state index contributed by atoms with van der Waals surface area (Å²) in [6.45, 7) is 8.88. The summed E-state index contributed by atoms with van der Waals surface area (Å²) in [5, 5.41) is 19.0. The van der Waals surface area contributed by atoms with E-state index in [-0.39, 0.29) is 23.4 Å². The minimum absolute atomic E-state index is 0.0372. The van der Waals surface area contributed by atoms with Crippen LogP contribution in [0.5, 0.6) is 5.88 Å². The lowest BCUT2D eigenvalue weighted by atomic mass is 10.2. The molecule has 0 spiro atoms. The lowest BCUT2D eigenvalue weighted by Gasteiger charge is -2.19. The molecule has 0 aromatic carbocycles. The highest BCUT2D eigenvalue weighted by Crippen LogP contribution is 2.24. The first-order valence-electron chi connectivity index (χ1n) is 8.64. The van der Waals surface area contributed by atoms with E-state index in [0.29, 0.717) is 5.75 Å². The van der Waals surface area contributed by atoms with E-state index in [9.17, 15) is 13.5 Å². The van der Waals surface area contributed by atoms with Crippen molar-refractivity contribution in [2.45, 2.75) is 38.1 Å². The van der Waals surface area contributed by atoms with E-state index in [4.69, 9.17) is 9.84 Å². The van der Waals surface area contributed by atoms with Crippen LogP contribution in [0.25, 0.3) is 0 Å². The van der Waals surface area contributed by atoms with Gasteiger partial charge in [-0.1, -0.05) is 37.4 Å². The summed E-state index contributed by atoms with van der Waals surface area (Å²) in [4.78, 5) is 8.46. The van der Waals surface area contributed by atoms with Crippen LogP contribution in [0.3, 0.4) is 0 Å². The normalized spacial score (nSPS) is 14.2. The molecule has 0 bridgehead atoms. The Kier molecular flexibility index (Phi) is 9.90. The first kappa shape index (κ1) is 24.4.